The lowest BCUT2D eigenvalue weighted by molar-refractivity contribution is 0.488. The minimum atomic E-state index is -2.16. The van der Waals surface area contributed by atoms with Crippen molar-refractivity contribution in [2.45, 2.75) is 141 Å². The molecule has 2 atom stereocenters. The number of unbranched alkanes of at least 4 members (excludes halogenated alkanes) is 6. The Bertz CT molecular complexity index is 1010. The second-order valence-corrected chi connectivity index (χ2v) is 22.7. The van der Waals surface area contributed by atoms with E-state index in [0.29, 0.717) is 12.0 Å². The molecule has 3 rings (SSSR count). The van der Waals surface area contributed by atoms with E-state index in [4.69, 9.17) is 4.43 Å². The lowest BCUT2D eigenvalue weighted by atomic mass is 10.1. The molecule has 0 aliphatic heterocycles. The summed E-state index contributed by atoms with van der Waals surface area (Å²) in [4.78, 5) is 0. The first kappa shape index (κ1) is 31.1. The van der Waals surface area contributed by atoms with Crippen molar-refractivity contribution >= 4 is 16.4 Å². The van der Waals surface area contributed by atoms with Crippen LogP contribution >= 0.6 is 0 Å². The van der Waals surface area contributed by atoms with Crippen LogP contribution < -0.4 is 4.43 Å². The van der Waals surface area contributed by atoms with Crippen molar-refractivity contribution in [3.8, 4) is 16.9 Å². The zero-order valence-electron chi connectivity index (χ0n) is 25.5. The first-order valence-electron chi connectivity index (χ1n) is 15.8. The number of rotatable bonds is 17. The summed E-state index contributed by atoms with van der Waals surface area (Å²) in [6.07, 6.45) is 11.3. The molecule has 2 aromatic carbocycles. The molecule has 0 amide bonds. The molecule has 1 aliphatic carbocycles. The highest BCUT2D eigenvalue weighted by Gasteiger charge is 2.54. The van der Waals surface area contributed by atoms with Crippen LogP contribution in [0.1, 0.15) is 111 Å². The quantitative estimate of drug-likeness (QED) is 0.119. The summed E-state index contributed by atoms with van der Waals surface area (Å²) in [7, 11) is -3.64. The van der Waals surface area contributed by atoms with Gasteiger partial charge in [-0.05, 0) is 45.6 Å². The fraction of sp³-hybridized carbons (Fsp3) is 0.647. The molecule has 1 nitrogen and oxygen atoms in total. The largest absolute Gasteiger partial charge is 0.543 e. The first-order chi connectivity index (χ1) is 18.3. The fourth-order valence-corrected chi connectivity index (χ4v) is 23.3. The third-order valence-electron chi connectivity index (χ3n) is 10.1. The molecular formula is C34H54FOSi2. The smallest absolute Gasteiger partial charge is 0.254 e. The van der Waals surface area contributed by atoms with E-state index in [-0.39, 0.29) is 5.82 Å². The Kier molecular flexibility index (Phi) is 11.7. The molecule has 0 saturated heterocycles. The Hall–Kier alpha value is -1.40. The van der Waals surface area contributed by atoms with Gasteiger partial charge in [-0.15, -0.1) is 0 Å². The number of benzene rings is 2. The van der Waals surface area contributed by atoms with E-state index in [1.165, 1.54) is 81.1 Å². The van der Waals surface area contributed by atoms with Gasteiger partial charge in [0, 0.05) is 18.1 Å². The maximum Gasteiger partial charge on any atom is 0.254 e. The zero-order chi connectivity index (χ0) is 27.8. The summed E-state index contributed by atoms with van der Waals surface area (Å²) in [5, 5.41) is 0.757. The maximum atomic E-state index is 14.5. The van der Waals surface area contributed by atoms with Crippen LogP contribution in [-0.4, -0.2) is 16.4 Å². The zero-order valence-corrected chi connectivity index (χ0v) is 27.5. The maximum absolute atomic E-state index is 14.5. The average molecular weight is 554 g/mol. The van der Waals surface area contributed by atoms with Gasteiger partial charge in [-0.1, -0.05) is 136 Å². The lowest BCUT2D eigenvalue weighted by Gasteiger charge is -2.50. The van der Waals surface area contributed by atoms with E-state index >= 15 is 0 Å². The third-order valence-corrected chi connectivity index (χ3v) is 24.8. The van der Waals surface area contributed by atoms with Gasteiger partial charge in [0.25, 0.3) is 8.32 Å². The molecular weight excluding hydrogens is 500 g/mol. The van der Waals surface area contributed by atoms with Crippen molar-refractivity contribution in [1.82, 2.24) is 0 Å². The Labute approximate surface area is 236 Å². The van der Waals surface area contributed by atoms with Crippen LogP contribution in [0.15, 0.2) is 30.3 Å². The molecule has 2 aromatic rings. The SMILES string of the molecule is CCCCCCCCC[Si](Oc1ccc2c(c1)Cc1c(F)[c]ccc1-2)(C(C)C)C(CC)[Si](CC)(CC)CC. The van der Waals surface area contributed by atoms with E-state index in [2.05, 4.69) is 72.7 Å². The van der Waals surface area contributed by atoms with Gasteiger partial charge in [-0.3, -0.25) is 0 Å². The molecule has 1 radical (unpaired) electrons. The predicted molar refractivity (Wildman–Crippen MR) is 169 cm³/mol. The summed E-state index contributed by atoms with van der Waals surface area (Å²) in [6.45, 7) is 17.1. The van der Waals surface area contributed by atoms with Gasteiger partial charge in [-0.25, -0.2) is 4.39 Å². The van der Waals surface area contributed by atoms with Gasteiger partial charge in [-0.2, -0.15) is 0 Å². The Morgan fingerprint density at radius 2 is 1.53 bits per heavy atom. The second-order valence-electron chi connectivity index (χ2n) is 12.1. The number of hydrogen-bond acceptors (Lipinski definition) is 1. The minimum absolute atomic E-state index is 0.207. The summed E-state index contributed by atoms with van der Waals surface area (Å²) in [6, 6.07) is 18.4. The van der Waals surface area contributed by atoms with Crippen molar-refractivity contribution in [2.24, 2.45) is 0 Å². The Morgan fingerprint density at radius 1 is 0.868 bits per heavy atom. The summed E-state index contributed by atoms with van der Waals surface area (Å²) in [5.74, 6) is 0.829. The number of fused-ring (bicyclic) bond motifs is 3. The topological polar surface area (TPSA) is 9.23 Å². The van der Waals surface area contributed by atoms with Crippen molar-refractivity contribution in [2.75, 3.05) is 0 Å². The molecule has 0 N–H and O–H groups in total. The standard InChI is InChI=1S/C34H54FOSi2/c1-8-13-14-15-16-17-18-24-38(27(6)7,34(9-2)37(10-3,11-4)12-5)36-29-22-23-30-28(25-29)26-32-31(30)20-19-21-33(32)35/h19-20,22-23,25,27,34H,8-18,24,26H2,1-7H3. The van der Waals surface area contributed by atoms with Crippen molar-refractivity contribution in [1.29, 1.82) is 0 Å². The average Bonchev–Trinajstić information content (AvgIpc) is 3.30. The van der Waals surface area contributed by atoms with E-state index in [0.717, 1.165) is 27.6 Å². The molecule has 0 fully saturated rings. The van der Waals surface area contributed by atoms with Gasteiger partial charge < -0.3 is 4.43 Å². The second kappa shape index (κ2) is 14.3. The van der Waals surface area contributed by atoms with Crippen LogP contribution in [0.3, 0.4) is 0 Å². The third kappa shape index (κ3) is 6.49. The molecule has 4 heteroatoms. The van der Waals surface area contributed by atoms with E-state index in [9.17, 15) is 4.39 Å². The van der Waals surface area contributed by atoms with E-state index in [1.54, 1.807) is 6.07 Å². The van der Waals surface area contributed by atoms with Crippen LogP contribution in [0.4, 0.5) is 4.39 Å². The van der Waals surface area contributed by atoms with Gasteiger partial charge in [0.1, 0.15) is 11.6 Å². The molecule has 1 aliphatic rings. The van der Waals surface area contributed by atoms with Crippen LogP contribution in [0.5, 0.6) is 5.75 Å². The highest BCUT2D eigenvalue weighted by atomic mass is 28.4. The van der Waals surface area contributed by atoms with Gasteiger partial charge in [0.05, 0.1) is 8.07 Å². The Balaban J connectivity index is 1.94. The molecule has 211 valence electrons. The molecule has 38 heavy (non-hydrogen) atoms. The highest BCUT2D eigenvalue weighted by Crippen LogP contribution is 2.50. The normalized spacial score (nSPS) is 15.3. The molecule has 0 heterocycles. The van der Waals surface area contributed by atoms with Gasteiger partial charge in [0.2, 0.25) is 0 Å². The number of halogens is 1. The van der Waals surface area contributed by atoms with Crippen molar-refractivity contribution < 1.29 is 8.82 Å². The molecule has 2 unspecified atom stereocenters. The molecule has 0 aromatic heterocycles. The monoisotopic (exact) mass is 553 g/mol. The highest BCUT2D eigenvalue weighted by molar-refractivity contribution is 6.97. The van der Waals surface area contributed by atoms with Gasteiger partial charge >= 0.3 is 0 Å². The van der Waals surface area contributed by atoms with Crippen LogP contribution in [0.25, 0.3) is 11.1 Å². The van der Waals surface area contributed by atoms with Crippen LogP contribution in [0, 0.1) is 11.9 Å². The molecule has 0 spiro atoms. The molecule has 0 bridgehead atoms. The van der Waals surface area contributed by atoms with Crippen LogP contribution in [0.2, 0.25) is 34.9 Å². The van der Waals surface area contributed by atoms with Crippen molar-refractivity contribution in [3.05, 3.63) is 53.3 Å². The van der Waals surface area contributed by atoms with E-state index < -0.39 is 16.4 Å². The van der Waals surface area contributed by atoms with Crippen LogP contribution in [-0.2, 0) is 6.42 Å². The number of hydrogen-bond donors (Lipinski definition) is 0. The Morgan fingerprint density at radius 3 is 2.13 bits per heavy atom. The first-order valence-corrected chi connectivity index (χ1v) is 20.8. The van der Waals surface area contributed by atoms with E-state index in [1.807, 2.05) is 6.07 Å². The predicted octanol–water partition coefficient (Wildman–Crippen LogP) is 11.5. The summed E-state index contributed by atoms with van der Waals surface area (Å²) < 4.78 is 22.0. The molecule has 0 saturated carbocycles. The fourth-order valence-electron chi connectivity index (χ4n) is 7.63. The van der Waals surface area contributed by atoms with Crippen molar-refractivity contribution in [3.63, 3.8) is 0 Å². The minimum Gasteiger partial charge on any atom is -0.543 e. The lowest BCUT2D eigenvalue weighted by Crippen LogP contribution is -2.59. The summed E-state index contributed by atoms with van der Waals surface area (Å²) in [5.41, 5.74) is 4.75. The summed E-state index contributed by atoms with van der Waals surface area (Å²) >= 11 is 0. The van der Waals surface area contributed by atoms with Gasteiger partial charge in [0.15, 0.2) is 0 Å².